The zero-order valence-electron chi connectivity index (χ0n) is 17.0. The molecular weight excluding hydrogens is 370 g/mol. The lowest BCUT2D eigenvalue weighted by molar-refractivity contribution is -0.133. The van der Waals surface area contributed by atoms with E-state index in [1.807, 2.05) is 30.3 Å². The first-order valence-electron chi connectivity index (χ1n) is 9.18. The van der Waals surface area contributed by atoms with Gasteiger partial charge in [-0.15, -0.1) is 0 Å². The highest BCUT2D eigenvalue weighted by molar-refractivity contribution is 5.85. The summed E-state index contributed by atoms with van der Waals surface area (Å²) in [5, 5.41) is 8.75. The Morgan fingerprint density at radius 3 is 2.14 bits per heavy atom. The molecule has 0 saturated heterocycles. The Balaban J connectivity index is 1.75. The first-order valence-corrected chi connectivity index (χ1v) is 9.18. The van der Waals surface area contributed by atoms with Gasteiger partial charge < -0.3 is 9.47 Å². The molecule has 0 spiro atoms. The Labute approximate surface area is 170 Å². The molecule has 0 aromatic heterocycles. The third-order valence-corrected chi connectivity index (χ3v) is 4.08. The zero-order valence-corrected chi connectivity index (χ0v) is 17.0. The Bertz CT molecular complexity index is 878. The maximum atomic E-state index is 12.1. The normalized spacial score (nSPS) is 11.7. The molecule has 29 heavy (non-hydrogen) atoms. The predicted molar refractivity (Wildman–Crippen MR) is 108 cm³/mol. The summed E-state index contributed by atoms with van der Waals surface area (Å²) >= 11 is 0. The molecule has 0 aliphatic carbocycles. The Morgan fingerprint density at radius 2 is 1.59 bits per heavy atom. The lowest BCUT2D eigenvalue weighted by Crippen LogP contribution is -2.48. The highest BCUT2D eigenvalue weighted by Crippen LogP contribution is 2.24. The highest BCUT2D eigenvalue weighted by atomic mass is 16.5. The largest absolute Gasteiger partial charge is 0.484 e. The van der Waals surface area contributed by atoms with E-state index in [9.17, 15) is 9.59 Å². The Hall–Kier alpha value is -3.53. The summed E-state index contributed by atoms with van der Waals surface area (Å²) in [7, 11) is 0. The summed E-state index contributed by atoms with van der Waals surface area (Å²) in [5.74, 6) is -0.00179. The first-order chi connectivity index (χ1) is 13.7. The summed E-state index contributed by atoms with van der Waals surface area (Å²) in [6.07, 6.45) is -0.796. The van der Waals surface area contributed by atoms with Gasteiger partial charge in [-0.05, 0) is 54.3 Å². The maximum absolute atomic E-state index is 12.1. The molecule has 7 nitrogen and oxygen atoms in total. The lowest BCUT2D eigenvalue weighted by atomic mass is 9.87. The Morgan fingerprint density at radius 1 is 1.00 bits per heavy atom. The van der Waals surface area contributed by atoms with E-state index in [2.05, 4.69) is 31.6 Å². The quantitative estimate of drug-likeness (QED) is 0.733. The molecule has 2 amide bonds. The molecule has 1 atom stereocenters. The van der Waals surface area contributed by atoms with Crippen LogP contribution in [-0.2, 0) is 15.0 Å². The third kappa shape index (κ3) is 6.85. The lowest BCUT2D eigenvalue weighted by Gasteiger charge is -2.20. The van der Waals surface area contributed by atoms with Crippen LogP contribution in [-0.4, -0.2) is 24.5 Å². The van der Waals surface area contributed by atoms with Crippen molar-refractivity contribution in [3.05, 3.63) is 59.7 Å². The summed E-state index contributed by atoms with van der Waals surface area (Å²) in [6, 6.07) is 15.9. The summed E-state index contributed by atoms with van der Waals surface area (Å²) < 4.78 is 10.9. The van der Waals surface area contributed by atoms with Crippen LogP contribution in [0, 0.1) is 11.3 Å². The van der Waals surface area contributed by atoms with E-state index in [0.29, 0.717) is 17.1 Å². The number of nitrogens with one attached hydrogen (secondary N) is 2. The molecule has 0 heterocycles. The number of rotatable bonds is 6. The SMILES string of the molecule is C[C@H](Oc1ccc(C(C)(C)C)cc1)C(=O)NNC(=O)COc1ccc(C#N)cc1. The molecule has 0 radical (unpaired) electrons. The minimum Gasteiger partial charge on any atom is -0.484 e. The fourth-order valence-corrected chi connectivity index (χ4v) is 2.33. The van der Waals surface area contributed by atoms with Crippen molar-refractivity contribution in [2.75, 3.05) is 6.61 Å². The topological polar surface area (TPSA) is 100 Å². The van der Waals surface area contributed by atoms with Gasteiger partial charge in [-0.2, -0.15) is 5.26 Å². The second-order valence-electron chi connectivity index (χ2n) is 7.50. The van der Waals surface area contributed by atoms with E-state index in [0.717, 1.165) is 5.56 Å². The monoisotopic (exact) mass is 395 g/mol. The molecule has 0 unspecified atom stereocenters. The van der Waals surface area contributed by atoms with E-state index in [4.69, 9.17) is 14.7 Å². The smallest absolute Gasteiger partial charge is 0.279 e. The van der Waals surface area contributed by atoms with Gasteiger partial charge in [0, 0.05) is 0 Å². The van der Waals surface area contributed by atoms with E-state index < -0.39 is 17.9 Å². The summed E-state index contributed by atoms with van der Waals surface area (Å²) in [4.78, 5) is 23.9. The fourth-order valence-electron chi connectivity index (χ4n) is 2.33. The van der Waals surface area contributed by atoms with Gasteiger partial charge in [-0.1, -0.05) is 32.9 Å². The van der Waals surface area contributed by atoms with Crippen LogP contribution in [0.1, 0.15) is 38.8 Å². The van der Waals surface area contributed by atoms with Crippen LogP contribution in [0.5, 0.6) is 11.5 Å². The van der Waals surface area contributed by atoms with E-state index in [1.54, 1.807) is 31.2 Å². The second-order valence-corrected chi connectivity index (χ2v) is 7.50. The average Bonchev–Trinajstić information content (AvgIpc) is 2.70. The number of amides is 2. The number of benzene rings is 2. The van der Waals surface area contributed by atoms with Crippen molar-refractivity contribution in [2.24, 2.45) is 0 Å². The Kier molecular flexibility index (Phi) is 7.21. The molecule has 0 fully saturated rings. The predicted octanol–water partition coefficient (Wildman–Crippen LogP) is 2.85. The molecule has 7 heteroatoms. The van der Waals surface area contributed by atoms with E-state index >= 15 is 0 Å². The van der Waals surface area contributed by atoms with Crippen molar-refractivity contribution in [3.63, 3.8) is 0 Å². The third-order valence-electron chi connectivity index (χ3n) is 4.08. The van der Waals surface area contributed by atoms with Crippen molar-refractivity contribution in [1.82, 2.24) is 10.9 Å². The van der Waals surface area contributed by atoms with Gasteiger partial charge in [0.25, 0.3) is 11.8 Å². The van der Waals surface area contributed by atoms with Gasteiger partial charge >= 0.3 is 0 Å². The van der Waals surface area contributed by atoms with Crippen molar-refractivity contribution in [2.45, 2.75) is 39.2 Å². The molecule has 0 bridgehead atoms. The van der Waals surface area contributed by atoms with Gasteiger partial charge in [0.1, 0.15) is 11.5 Å². The molecule has 0 saturated carbocycles. The minimum absolute atomic E-state index is 0.0334. The molecule has 2 aromatic rings. The van der Waals surface area contributed by atoms with Crippen molar-refractivity contribution >= 4 is 11.8 Å². The standard InChI is InChI=1S/C22H25N3O4/c1-15(29-19-11-7-17(8-12-19)22(2,3)4)21(27)25-24-20(26)14-28-18-9-5-16(13-23)6-10-18/h5-12,15H,14H2,1-4H3,(H,24,26)(H,25,27)/t15-/m0/s1. The van der Waals surface area contributed by atoms with Crippen LogP contribution in [0.2, 0.25) is 0 Å². The minimum atomic E-state index is -0.796. The molecular formula is C22H25N3O4. The number of ether oxygens (including phenoxy) is 2. The van der Waals surface area contributed by atoms with Gasteiger partial charge in [0.2, 0.25) is 0 Å². The van der Waals surface area contributed by atoms with Crippen molar-refractivity contribution in [1.29, 1.82) is 5.26 Å². The zero-order chi connectivity index (χ0) is 21.4. The number of hydrazine groups is 1. The van der Waals surface area contributed by atoms with E-state index in [1.165, 1.54) is 0 Å². The van der Waals surface area contributed by atoms with Gasteiger partial charge in [-0.25, -0.2) is 0 Å². The van der Waals surface area contributed by atoms with Crippen LogP contribution in [0.15, 0.2) is 48.5 Å². The van der Waals surface area contributed by atoms with Crippen molar-refractivity contribution < 1.29 is 19.1 Å². The summed E-state index contributed by atoms with van der Waals surface area (Å²) in [6.45, 7) is 7.66. The summed E-state index contributed by atoms with van der Waals surface area (Å²) in [5.41, 5.74) is 6.27. The number of carbonyl (C=O) groups excluding carboxylic acids is 2. The molecule has 2 N–H and O–H groups in total. The average molecular weight is 395 g/mol. The number of hydrogen-bond acceptors (Lipinski definition) is 5. The number of nitrogens with zero attached hydrogens (tertiary/aromatic N) is 1. The number of carbonyl (C=O) groups is 2. The fraction of sp³-hybridized carbons (Fsp3) is 0.318. The molecule has 2 aromatic carbocycles. The van der Waals surface area contributed by atoms with Crippen LogP contribution in [0.25, 0.3) is 0 Å². The molecule has 0 aliphatic heterocycles. The van der Waals surface area contributed by atoms with Gasteiger partial charge in [-0.3, -0.25) is 20.4 Å². The van der Waals surface area contributed by atoms with Crippen LogP contribution >= 0.6 is 0 Å². The van der Waals surface area contributed by atoms with Crippen LogP contribution in [0.4, 0.5) is 0 Å². The number of hydrogen-bond donors (Lipinski definition) is 2. The van der Waals surface area contributed by atoms with Crippen LogP contribution in [0.3, 0.4) is 0 Å². The van der Waals surface area contributed by atoms with Crippen molar-refractivity contribution in [3.8, 4) is 17.6 Å². The first kappa shape index (κ1) is 21.8. The van der Waals surface area contributed by atoms with E-state index in [-0.39, 0.29) is 12.0 Å². The van der Waals surface area contributed by atoms with Crippen LogP contribution < -0.4 is 20.3 Å². The van der Waals surface area contributed by atoms with Gasteiger partial charge in [0.15, 0.2) is 12.7 Å². The number of nitriles is 1. The molecule has 0 aliphatic rings. The highest BCUT2D eigenvalue weighted by Gasteiger charge is 2.17. The second kappa shape index (κ2) is 9.60. The molecule has 152 valence electrons. The molecule has 2 rings (SSSR count). The maximum Gasteiger partial charge on any atom is 0.279 e. The van der Waals surface area contributed by atoms with Gasteiger partial charge in [0.05, 0.1) is 11.6 Å².